The first kappa shape index (κ1) is 36.2. The summed E-state index contributed by atoms with van der Waals surface area (Å²) in [6.07, 6.45) is -3.81. The molecule has 2 saturated heterocycles. The Balaban J connectivity index is 2.03. The van der Waals surface area contributed by atoms with E-state index in [1.807, 2.05) is 11.8 Å². The van der Waals surface area contributed by atoms with E-state index in [1.54, 1.807) is 92.6 Å². The predicted octanol–water partition coefficient (Wildman–Crippen LogP) is 4.07. The number of piperidine rings is 1. The van der Waals surface area contributed by atoms with Crippen LogP contribution in [0.25, 0.3) is 0 Å². The molecule has 2 aliphatic heterocycles. The third-order valence-corrected chi connectivity index (χ3v) is 7.81. The third-order valence-electron chi connectivity index (χ3n) is 7.81. The Kier molecular flexibility index (Phi) is 11.2. The van der Waals surface area contributed by atoms with Crippen LogP contribution < -0.4 is 5.32 Å². The van der Waals surface area contributed by atoms with E-state index in [4.69, 9.17) is 18.9 Å². The van der Waals surface area contributed by atoms with Crippen molar-refractivity contribution in [2.24, 2.45) is 16.2 Å². The molecule has 6 atom stereocenters. The topological polar surface area (TPSA) is 138 Å². The molecule has 1 amide bonds. The predicted molar refractivity (Wildman–Crippen MR) is 166 cm³/mol. The number of Topliss-reactive ketones (excluding diaryl/α,β-unsaturated/α-hetero) is 1. The SMILES string of the molecule is CC[C@H]1CC(=O)C(NC(=O)c2ccccc2)CN1[C@H]1OC[C@@H](OC(=O)C(C)(C)C)[C@@H](OC(=O)C(C)(C)C)[C@@H]1OC(=O)C(C)(C)C. The fourth-order valence-corrected chi connectivity index (χ4v) is 4.93. The van der Waals surface area contributed by atoms with Gasteiger partial charge in [0.25, 0.3) is 5.91 Å². The van der Waals surface area contributed by atoms with E-state index in [1.165, 1.54) is 0 Å². The highest BCUT2D eigenvalue weighted by atomic mass is 16.6. The average Bonchev–Trinajstić information content (AvgIpc) is 2.94. The van der Waals surface area contributed by atoms with Gasteiger partial charge in [0.1, 0.15) is 6.04 Å². The van der Waals surface area contributed by atoms with Crippen LogP contribution in [0.3, 0.4) is 0 Å². The molecule has 1 unspecified atom stereocenters. The summed E-state index contributed by atoms with van der Waals surface area (Å²) in [7, 11) is 0. The Labute approximate surface area is 266 Å². The van der Waals surface area contributed by atoms with Gasteiger partial charge in [-0.15, -0.1) is 0 Å². The van der Waals surface area contributed by atoms with Crippen LogP contribution in [-0.2, 0) is 38.1 Å². The number of likely N-dealkylation sites (tertiary alicyclic amines) is 1. The van der Waals surface area contributed by atoms with Crippen LogP contribution in [0.15, 0.2) is 30.3 Å². The minimum atomic E-state index is -1.22. The highest BCUT2D eigenvalue weighted by Gasteiger charge is 2.53. The van der Waals surface area contributed by atoms with Crippen molar-refractivity contribution >= 4 is 29.6 Å². The van der Waals surface area contributed by atoms with Gasteiger partial charge in [0.2, 0.25) is 0 Å². The Hall–Kier alpha value is -3.31. The van der Waals surface area contributed by atoms with Crippen molar-refractivity contribution in [2.75, 3.05) is 13.2 Å². The average molecular weight is 631 g/mol. The van der Waals surface area contributed by atoms with Gasteiger partial charge >= 0.3 is 17.9 Å². The minimum absolute atomic E-state index is 0.0660. The summed E-state index contributed by atoms with van der Waals surface area (Å²) in [5.41, 5.74) is -2.29. The van der Waals surface area contributed by atoms with Gasteiger partial charge < -0.3 is 24.3 Å². The zero-order chi connectivity index (χ0) is 33.9. The Morgan fingerprint density at radius 2 is 1.33 bits per heavy atom. The second-order valence-corrected chi connectivity index (χ2v) is 15.0. The summed E-state index contributed by atoms with van der Waals surface area (Å²) >= 11 is 0. The van der Waals surface area contributed by atoms with E-state index in [0.717, 1.165) is 0 Å². The molecule has 11 nitrogen and oxygen atoms in total. The molecule has 1 N–H and O–H groups in total. The van der Waals surface area contributed by atoms with Gasteiger partial charge in [0, 0.05) is 24.6 Å². The summed E-state index contributed by atoms with van der Waals surface area (Å²) in [6.45, 7) is 17.1. The van der Waals surface area contributed by atoms with Crippen LogP contribution in [0.5, 0.6) is 0 Å². The molecule has 45 heavy (non-hydrogen) atoms. The lowest BCUT2D eigenvalue weighted by molar-refractivity contribution is -0.262. The summed E-state index contributed by atoms with van der Waals surface area (Å²) in [5, 5.41) is 2.85. The van der Waals surface area contributed by atoms with E-state index >= 15 is 0 Å². The van der Waals surface area contributed by atoms with E-state index in [0.29, 0.717) is 12.0 Å². The molecule has 0 spiro atoms. The van der Waals surface area contributed by atoms with Crippen LogP contribution >= 0.6 is 0 Å². The molecule has 0 bridgehead atoms. The van der Waals surface area contributed by atoms with Crippen LogP contribution in [0.4, 0.5) is 0 Å². The van der Waals surface area contributed by atoms with Gasteiger partial charge in [0.15, 0.2) is 30.3 Å². The monoisotopic (exact) mass is 630 g/mol. The fourth-order valence-electron chi connectivity index (χ4n) is 4.93. The molecular formula is C34H50N2O9. The van der Waals surface area contributed by atoms with E-state index in [2.05, 4.69) is 5.32 Å². The summed E-state index contributed by atoms with van der Waals surface area (Å²) in [4.78, 5) is 67.8. The number of amides is 1. The molecule has 2 fully saturated rings. The lowest BCUT2D eigenvalue weighted by atomic mass is 9.91. The third kappa shape index (κ3) is 9.13. The number of carbonyl (C=O) groups is 5. The van der Waals surface area contributed by atoms with Gasteiger partial charge in [-0.25, -0.2) is 0 Å². The number of ether oxygens (including phenoxy) is 4. The number of carbonyl (C=O) groups excluding carboxylic acids is 5. The molecule has 1 aromatic rings. The smallest absolute Gasteiger partial charge is 0.311 e. The maximum absolute atomic E-state index is 13.4. The van der Waals surface area contributed by atoms with E-state index in [9.17, 15) is 24.0 Å². The first-order chi connectivity index (χ1) is 20.7. The Bertz CT molecular complexity index is 1240. The summed E-state index contributed by atoms with van der Waals surface area (Å²) in [5.74, 6) is -2.21. The maximum Gasteiger partial charge on any atom is 0.311 e. The van der Waals surface area contributed by atoms with Crippen molar-refractivity contribution in [3.05, 3.63) is 35.9 Å². The number of benzene rings is 1. The van der Waals surface area contributed by atoms with E-state index < -0.39 is 70.6 Å². The number of rotatable bonds is 7. The Morgan fingerprint density at radius 3 is 1.84 bits per heavy atom. The standard InChI is InChI=1S/C34H50N2O9/c1-11-21-17-23(37)22(35-27(38)20-15-13-12-14-16-20)18-36(21)28-26(45-31(41)34(8,9)10)25(44-30(40)33(5,6)7)24(19-42-28)43-29(39)32(2,3)4/h12-16,21-22,24-26,28H,11,17-19H2,1-10H3,(H,35,38)/t21-,22?,24+,25+,26-,28-/m0/s1. The highest BCUT2D eigenvalue weighted by molar-refractivity contribution is 5.98. The van der Waals surface area contributed by atoms with Crippen molar-refractivity contribution in [3.63, 3.8) is 0 Å². The highest BCUT2D eigenvalue weighted by Crippen LogP contribution is 2.34. The largest absolute Gasteiger partial charge is 0.455 e. The van der Waals surface area contributed by atoms with Crippen molar-refractivity contribution in [2.45, 2.75) is 119 Å². The van der Waals surface area contributed by atoms with Crippen LogP contribution in [0.1, 0.15) is 92.4 Å². The number of hydrogen-bond acceptors (Lipinski definition) is 10. The van der Waals surface area contributed by atoms with Crippen LogP contribution in [0, 0.1) is 16.2 Å². The molecule has 0 aromatic heterocycles. The molecular weight excluding hydrogens is 580 g/mol. The van der Waals surface area contributed by atoms with Gasteiger partial charge in [0.05, 0.1) is 22.9 Å². The van der Waals surface area contributed by atoms with Crippen molar-refractivity contribution in [1.29, 1.82) is 0 Å². The summed E-state index contributed by atoms with van der Waals surface area (Å²) < 4.78 is 24.3. The molecule has 2 aliphatic rings. The first-order valence-corrected chi connectivity index (χ1v) is 15.6. The molecule has 0 aliphatic carbocycles. The van der Waals surface area contributed by atoms with Crippen molar-refractivity contribution in [3.8, 4) is 0 Å². The molecule has 3 rings (SSSR count). The van der Waals surface area contributed by atoms with Gasteiger partial charge in [-0.3, -0.25) is 28.9 Å². The van der Waals surface area contributed by atoms with Crippen molar-refractivity contribution < 1.29 is 42.9 Å². The van der Waals surface area contributed by atoms with Gasteiger partial charge in [-0.2, -0.15) is 0 Å². The second-order valence-electron chi connectivity index (χ2n) is 15.0. The maximum atomic E-state index is 13.4. The molecule has 250 valence electrons. The summed E-state index contributed by atoms with van der Waals surface area (Å²) in [6, 6.07) is 7.41. The second kappa shape index (κ2) is 14.0. The molecule has 0 radical (unpaired) electrons. The molecule has 2 heterocycles. The zero-order valence-corrected chi connectivity index (χ0v) is 28.3. The number of nitrogens with one attached hydrogen (secondary N) is 1. The van der Waals surface area contributed by atoms with E-state index in [-0.39, 0.29) is 31.4 Å². The lowest BCUT2D eigenvalue weighted by Gasteiger charge is -2.50. The quantitative estimate of drug-likeness (QED) is 0.347. The number of ketones is 1. The zero-order valence-electron chi connectivity index (χ0n) is 28.3. The number of hydrogen-bond donors (Lipinski definition) is 1. The number of nitrogens with zero attached hydrogens (tertiary/aromatic N) is 1. The van der Waals surface area contributed by atoms with Gasteiger partial charge in [-0.05, 0) is 80.9 Å². The van der Waals surface area contributed by atoms with Crippen LogP contribution in [-0.4, -0.2) is 84.3 Å². The molecule has 11 heteroatoms. The van der Waals surface area contributed by atoms with Crippen molar-refractivity contribution in [1.82, 2.24) is 10.2 Å². The minimum Gasteiger partial charge on any atom is -0.455 e. The first-order valence-electron chi connectivity index (χ1n) is 15.6. The number of esters is 3. The fraction of sp³-hybridized carbons (Fsp3) is 0.676. The molecule has 0 saturated carbocycles. The normalized spacial score (nSPS) is 26.5. The Morgan fingerprint density at radius 1 is 0.822 bits per heavy atom. The lowest BCUT2D eigenvalue weighted by Crippen LogP contribution is -2.68. The molecule has 1 aromatic carbocycles. The van der Waals surface area contributed by atoms with Crippen LogP contribution in [0.2, 0.25) is 0 Å². The van der Waals surface area contributed by atoms with Gasteiger partial charge in [-0.1, -0.05) is 25.1 Å².